The predicted molar refractivity (Wildman–Crippen MR) is 94.9 cm³/mol. The molecule has 0 fully saturated rings. The third-order valence-corrected chi connectivity index (χ3v) is 3.70. The van der Waals surface area contributed by atoms with Crippen LogP contribution in [0, 0.1) is 21.4 Å². The monoisotopic (exact) mass is 355 g/mol. The summed E-state index contributed by atoms with van der Waals surface area (Å²) in [4.78, 5) is 22.4. The second-order valence-electron chi connectivity index (χ2n) is 5.13. The SMILES string of the molecule is N#C/C(=C\c1ccc(Cl)c([N+](=O)[O-])c1)C(=O)NCCc1ccccc1. The lowest BCUT2D eigenvalue weighted by Gasteiger charge is -2.05. The van der Waals surface area contributed by atoms with Crippen LogP contribution in [-0.4, -0.2) is 17.4 Å². The molecule has 0 aliphatic heterocycles. The molecule has 1 N–H and O–H groups in total. The van der Waals surface area contributed by atoms with Crippen molar-refractivity contribution in [3.8, 4) is 6.07 Å². The van der Waals surface area contributed by atoms with Gasteiger partial charge >= 0.3 is 0 Å². The number of benzene rings is 2. The minimum atomic E-state index is -0.619. The molecule has 0 aromatic heterocycles. The Bertz CT molecular complexity index is 858. The third kappa shape index (κ3) is 5.16. The average molecular weight is 356 g/mol. The van der Waals surface area contributed by atoms with Crippen molar-refractivity contribution in [1.82, 2.24) is 5.32 Å². The molecule has 1 amide bonds. The number of nitriles is 1. The number of halogens is 1. The van der Waals surface area contributed by atoms with E-state index in [1.807, 2.05) is 36.4 Å². The molecule has 0 heterocycles. The Labute approximate surface area is 149 Å². The molecule has 0 unspecified atom stereocenters. The highest BCUT2D eigenvalue weighted by atomic mass is 35.5. The van der Waals surface area contributed by atoms with Crippen LogP contribution in [0.2, 0.25) is 5.02 Å². The van der Waals surface area contributed by atoms with Crippen LogP contribution in [-0.2, 0) is 11.2 Å². The van der Waals surface area contributed by atoms with Gasteiger partial charge in [-0.2, -0.15) is 5.26 Å². The molecule has 2 aromatic rings. The lowest BCUT2D eigenvalue weighted by atomic mass is 10.1. The highest BCUT2D eigenvalue weighted by Gasteiger charge is 2.14. The van der Waals surface area contributed by atoms with Crippen LogP contribution >= 0.6 is 11.6 Å². The van der Waals surface area contributed by atoms with Crippen LogP contribution in [0.5, 0.6) is 0 Å². The fourth-order valence-corrected chi connectivity index (χ4v) is 2.32. The van der Waals surface area contributed by atoms with E-state index in [0.29, 0.717) is 18.5 Å². The van der Waals surface area contributed by atoms with Gasteiger partial charge in [0.1, 0.15) is 16.7 Å². The lowest BCUT2D eigenvalue weighted by molar-refractivity contribution is -0.384. The Balaban J connectivity index is 2.06. The summed E-state index contributed by atoms with van der Waals surface area (Å²) >= 11 is 5.74. The van der Waals surface area contributed by atoms with Crippen molar-refractivity contribution in [2.45, 2.75) is 6.42 Å². The molecule has 0 spiro atoms. The van der Waals surface area contributed by atoms with Crippen molar-refractivity contribution in [3.05, 3.63) is 80.4 Å². The number of amides is 1. The van der Waals surface area contributed by atoms with Gasteiger partial charge in [0.05, 0.1) is 4.92 Å². The maximum absolute atomic E-state index is 12.1. The van der Waals surface area contributed by atoms with Gasteiger partial charge in [-0.05, 0) is 29.7 Å². The van der Waals surface area contributed by atoms with Gasteiger partial charge in [-0.1, -0.05) is 48.0 Å². The summed E-state index contributed by atoms with van der Waals surface area (Å²) in [7, 11) is 0. The first-order valence-corrected chi connectivity index (χ1v) is 7.77. The van der Waals surface area contributed by atoms with Gasteiger partial charge in [-0.25, -0.2) is 0 Å². The third-order valence-electron chi connectivity index (χ3n) is 3.39. The largest absolute Gasteiger partial charge is 0.351 e. The smallest absolute Gasteiger partial charge is 0.288 e. The molecule has 6 nitrogen and oxygen atoms in total. The average Bonchev–Trinajstić information content (AvgIpc) is 2.61. The van der Waals surface area contributed by atoms with Crippen LogP contribution in [0.15, 0.2) is 54.1 Å². The van der Waals surface area contributed by atoms with Gasteiger partial charge in [0.2, 0.25) is 0 Å². The van der Waals surface area contributed by atoms with Crippen LogP contribution in [0.1, 0.15) is 11.1 Å². The van der Waals surface area contributed by atoms with Crippen molar-refractivity contribution in [2.75, 3.05) is 6.54 Å². The van der Waals surface area contributed by atoms with Crippen LogP contribution in [0.3, 0.4) is 0 Å². The molecule has 0 saturated carbocycles. The maximum atomic E-state index is 12.1. The standard InChI is InChI=1S/C18H14ClN3O3/c19-16-7-6-14(11-17(16)22(24)25)10-15(12-20)18(23)21-9-8-13-4-2-1-3-5-13/h1-7,10-11H,8-9H2,(H,21,23)/b15-10+. The van der Waals surface area contributed by atoms with Gasteiger partial charge in [-0.3, -0.25) is 14.9 Å². The first kappa shape index (κ1) is 18.2. The van der Waals surface area contributed by atoms with E-state index in [2.05, 4.69) is 5.32 Å². The Morgan fingerprint density at radius 1 is 1.28 bits per heavy atom. The number of hydrogen-bond acceptors (Lipinski definition) is 4. The molecule has 0 atom stereocenters. The normalized spacial score (nSPS) is 10.8. The number of nitro groups is 1. The van der Waals surface area contributed by atoms with Gasteiger partial charge in [-0.15, -0.1) is 0 Å². The van der Waals surface area contributed by atoms with E-state index in [4.69, 9.17) is 16.9 Å². The number of hydrogen-bond donors (Lipinski definition) is 1. The summed E-state index contributed by atoms with van der Waals surface area (Å²) in [6.07, 6.45) is 1.93. The summed E-state index contributed by atoms with van der Waals surface area (Å²) in [5.41, 5.74) is 1.01. The van der Waals surface area contributed by atoms with E-state index in [-0.39, 0.29) is 16.3 Å². The number of nitro benzene ring substituents is 1. The predicted octanol–water partition coefficient (Wildman–Crippen LogP) is 3.51. The zero-order chi connectivity index (χ0) is 18.2. The Hall–Kier alpha value is -3.17. The molecule has 25 heavy (non-hydrogen) atoms. The molecule has 2 aromatic carbocycles. The highest BCUT2D eigenvalue weighted by molar-refractivity contribution is 6.32. The van der Waals surface area contributed by atoms with E-state index in [1.54, 1.807) is 0 Å². The molecule has 2 rings (SSSR count). The first-order chi connectivity index (χ1) is 12.0. The summed E-state index contributed by atoms with van der Waals surface area (Å²) in [5, 5.41) is 22.7. The second-order valence-corrected chi connectivity index (χ2v) is 5.54. The molecule has 126 valence electrons. The number of nitrogens with one attached hydrogen (secondary N) is 1. The second kappa shape index (κ2) is 8.62. The molecule has 0 radical (unpaired) electrons. The number of carbonyl (C=O) groups is 1. The number of carbonyl (C=O) groups excluding carboxylic acids is 1. The van der Waals surface area contributed by atoms with Crippen molar-refractivity contribution in [2.24, 2.45) is 0 Å². The Morgan fingerprint density at radius 2 is 2.00 bits per heavy atom. The first-order valence-electron chi connectivity index (χ1n) is 7.39. The van der Waals surface area contributed by atoms with Crippen LogP contribution < -0.4 is 5.32 Å². The Kier molecular flexibility index (Phi) is 6.26. The number of nitrogens with zero attached hydrogens (tertiary/aromatic N) is 2. The van der Waals surface area contributed by atoms with E-state index in [9.17, 15) is 14.9 Å². The van der Waals surface area contributed by atoms with E-state index in [1.165, 1.54) is 24.3 Å². The fourth-order valence-electron chi connectivity index (χ4n) is 2.13. The summed E-state index contributed by atoms with van der Waals surface area (Å²) in [6.45, 7) is 0.378. The van der Waals surface area contributed by atoms with Crippen LogP contribution in [0.4, 0.5) is 5.69 Å². The van der Waals surface area contributed by atoms with Crippen molar-refractivity contribution in [3.63, 3.8) is 0 Å². The summed E-state index contributed by atoms with van der Waals surface area (Å²) < 4.78 is 0. The molecule has 0 bridgehead atoms. The lowest BCUT2D eigenvalue weighted by Crippen LogP contribution is -2.26. The quantitative estimate of drug-likeness (QED) is 0.371. The molecule has 0 saturated heterocycles. The Morgan fingerprint density at radius 3 is 2.64 bits per heavy atom. The van der Waals surface area contributed by atoms with Gasteiger partial charge in [0.15, 0.2) is 0 Å². The zero-order valence-electron chi connectivity index (χ0n) is 13.1. The van der Waals surface area contributed by atoms with Crippen LogP contribution in [0.25, 0.3) is 6.08 Å². The van der Waals surface area contributed by atoms with E-state index in [0.717, 1.165) is 5.56 Å². The van der Waals surface area contributed by atoms with Gasteiger partial charge in [0.25, 0.3) is 11.6 Å². The molecule has 7 heteroatoms. The van der Waals surface area contributed by atoms with E-state index < -0.39 is 10.8 Å². The zero-order valence-corrected chi connectivity index (χ0v) is 13.9. The summed E-state index contributed by atoms with van der Waals surface area (Å²) in [6, 6.07) is 15.5. The topological polar surface area (TPSA) is 96.0 Å². The van der Waals surface area contributed by atoms with Crippen molar-refractivity contribution < 1.29 is 9.72 Å². The van der Waals surface area contributed by atoms with Gasteiger partial charge in [0, 0.05) is 12.6 Å². The molecule has 0 aliphatic rings. The highest BCUT2D eigenvalue weighted by Crippen LogP contribution is 2.26. The fraction of sp³-hybridized carbons (Fsp3) is 0.111. The number of rotatable bonds is 6. The maximum Gasteiger partial charge on any atom is 0.288 e. The molecular formula is C18H14ClN3O3. The van der Waals surface area contributed by atoms with Crippen molar-refractivity contribution >= 4 is 29.3 Å². The van der Waals surface area contributed by atoms with Crippen molar-refractivity contribution in [1.29, 1.82) is 5.26 Å². The molecule has 0 aliphatic carbocycles. The van der Waals surface area contributed by atoms with Gasteiger partial charge < -0.3 is 5.32 Å². The molecular weight excluding hydrogens is 342 g/mol. The summed E-state index contributed by atoms with van der Waals surface area (Å²) in [5.74, 6) is -0.531. The minimum Gasteiger partial charge on any atom is -0.351 e. The minimum absolute atomic E-state index is 0.00651. The van der Waals surface area contributed by atoms with E-state index >= 15 is 0 Å².